The zero-order chi connectivity index (χ0) is 12.1. The van der Waals surface area contributed by atoms with Gasteiger partial charge >= 0.3 is 5.97 Å². The summed E-state index contributed by atoms with van der Waals surface area (Å²) in [5.74, 6) is -1.14. The smallest absolute Gasteiger partial charge is 0.320 e. The van der Waals surface area contributed by atoms with E-state index in [4.69, 9.17) is 14.9 Å². The molecule has 6 nitrogen and oxygen atoms in total. The lowest BCUT2D eigenvalue weighted by Crippen LogP contribution is -2.47. The van der Waals surface area contributed by atoms with Crippen molar-refractivity contribution in [2.24, 2.45) is 0 Å². The number of carboxylic acid groups (broad SMARTS) is 1. The minimum atomic E-state index is -1.36. The number of ether oxygens (including phenoxy) is 1. The van der Waals surface area contributed by atoms with Crippen molar-refractivity contribution in [2.75, 3.05) is 6.61 Å². The lowest BCUT2D eigenvalue weighted by Gasteiger charge is -2.26. The molecule has 6 heteroatoms. The fourth-order valence-electron chi connectivity index (χ4n) is 0.948. The summed E-state index contributed by atoms with van der Waals surface area (Å²) in [6.07, 6.45) is -1.35. The van der Waals surface area contributed by atoms with Gasteiger partial charge in [0.05, 0.1) is 5.60 Å². The number of aliphatic hydroxyl groups is 2. The molecule has 0 radical (unpaired) electrons. The number of aliphatic hydroxyl groups excluding tert-OH is 2. The van der Waals surface area contributed by atoms with Crippen LogP contribution in [0.25, 0.3) is 0 Å². The van der Waals surface area contributed by atoms with Crippen LogP contribution in [-0.2, 0) is 9.53 Å². The van der Waals surface area contributed by atoms with Crippen LogP contribution >= 0.6 is 0 Å². The van der Waals surface area contributed by atoms with Crippen LogP contribution in [0.3, 0.4) is 0 Å². The first-order valence-corrected chi connectivity index (χ1v) is 4.72. The molecule has 0 rings (SSSR count). The molecule has 15 heavy (non-hydrogen) atoms. The van der Waals surface area contributed by atoms with Crippen molar-refractivity contribution in [3.63, 3.8) is 0 Å². The molecule has 4 N–H and O–H groups in total. The monoisotopic (exact) mass is 221 g/mol. The summed E-state index contributed by atoms with van der Waals surface area (Å²) in [5, 5.41) is 29.0. The Balaban J connectivity index is 4.11. The second-order valence-electron chi connectivity index (χ2n) is 4.15. The van der Waals surface area contributed by atoms with Crippen LogP contribution in [0.5, 0.6) is 0 Å². The third-order valence-corrected chi connectivity index (χ3v) is 1.52. The van der Waals surface area contributed by atoms with Crippen LogP contribution < -0.4 is 5.32 Å². The maximum Gasteiger partial charge on any atom is 0.320 e. The van der Waals surface area contributed by atoms with Gasteiger partial charge in [-0.15, -0.1) is 0 Å². The van der Waals surface area contributed by atoms with Gasteiger partial charge in [-0.25, -0.2) is 0 Å². The van der Waals surface area contributed by atoms with E-state index in [0.29, 0.717) is 0 Å². The largest absolute Gasteiger partial charge is 0.480 e. The van der Waals surface area contributed by atoms with Gasteiger partial charge in [-0.1, -0.05) is 0 Å². The van der Waals surface area contributed by atoms with E-state index in [9.17, 15) is 9.90 Å². The topological polar surface area (TPSA) is 99.0 Å². The van der Waals surface area contributed by atoms with Crippen molar-refractivity contribution in [1.29, 1.82) is 0 Å². The molecule has 1 unspecified atom stereocenters. The number of hydrogen-bond acceptors (Lipinski definition) is 5. The molecule has 0 fully saturated rings. The molecule has 0 spiro atoms. The Kier molecular flexibility index (Phi) is 5.74. The van der Waals surface area contributed by atoms with Crippen molar-refractivity contribution in [1.82, 2.24) is 5.32 Å². The van der Waals surface area contributed by atoms with Crippen molar-refractivity contribution in [3.8, 4) is 0 Å². The maximum absolute atomic E-state index is 10.7. The van der Waals surface area contributed by atoms with E-state index in [1.54, 1.807) is 20.8 Å². The fraction of sp³-hybridized carbons (Fsp3) is 0.889. The standard InChI is InChI=1S/C9H19NO5/c1-9(2,3)15-8(14)10-6(4-5-11)7(12)13/h6,8,10-11,14H,4-5H2,1-3H3,(H,12,13)/t6-,8?/m0/s1. The number of carbonyl (C=O) groups is 1. The summed E-state index contributed by atoms with van der Waals surface area (Å²) in [5.41, 5.74) is -0.575. The van der Waals surface area contributed by atoms with E-state index in [0.717, 1.165) is 0 Å². The summed E-state index contributed by atoms with van der Waals surface area (Å²) >= 11 is 0. The van der Waals surface area contributed by atoms with E-state index < -0.39 is 24.0 Å². The quantitative estimate of drug-likeness (QED) is 0.451. The highest BCUT2D eigenvalue weighted by molar-refractivity contribution is 5.73. The number of carboxylic acids is 1. The number of nitrogens with one attached hydrogen (secondary N) is 1. The highest BCUT2D eigenvalue weighted by Gasteiger charge is 2.23. The van der Waals surface area contributed by atoms with Gasteiger partial charge in [0.1, 0.15) is 6.04 Å². The number of aliphatic carboxylic acids is 1. The van der Waals surface area contributed by atoms with E-state index in [2.05, 4.69) is 5.32 Å². The van der Waals surface area contributed by atoms with Gasteiger partial charge in [0.25, 0.3) is 0 Å². The van der Waals surface area contributed by atoms with Crippen LogP contribution in [-0.4, -0.2) is 46.0 Å². The molecular weight excluding hydrogens is 202 g/mol. The zero-order valence-electron chi connectivity index (χ0n) is 9.23. The average Bonchev–Trinajstić information content (AvgIpc) is 1.99. The molecule has 90 valence electrons. The first kappa shape index (κ1) is 14.3. The molecule has 0 amide bonds. The minimum absolute atomic E-state index is 0.0138. The van der Waals surface area contributed by atoms with Gasteiger partial charge in [-0.2, -0.15) is 0 Å². The van der Waals surface area contributed by atoms with E-state index >= 15 is 0 Å². The van der Waals surface area contributed by atoms with Crippen LogP contribution in [0.1, 0.15) is 27.2 Å². The van der Waals surface area contributed by atoms with Gasteiger partial charge in [-0.05, 0) is 27.2 Å². The Morgan fingerprint density at radius 1 is 1.47 bits per heavy atom. The molecule has 0 aromatic rings. The second-order valence-corrected chi connectivity index (χ2v) is 4.15. The molecule has 0 aliphatic heterocycles. The van der Waals surface area contributed by atoms with Gasteiger partial charge < -0.3 is 20.1 Å². The molecule has 0 bridgehead atoms. The Bertz CT molecular complexity index is 201. The Hall–Kier alpha value is -0.690. The van der Waals surface area contributed by atoms with E-state index in [-0.39, 0.29) is 13.0 Å². The SMILES string of the molecule is CC(C)(C)OC(O)N[C@@H](CCO)C(=O)O. The Morgan fingerprint density at radius 3 is 2.33 bits per heavy atom. The molecular formula is C9H19NO5. The molecule has 0 heterocycles. The summed E-state index contributed by atoms with van der Waals surface area (Å²) < 4.78 is 5.06. The Labute approximate surface area is 88.9 Å². The van der Waals surface area contributed by atoms with Gasteiger partial charge in [0.2, 0.25) is 6.41 Å². The number of hydrogen-bond donors (Lipinski definition) is 4. The molecule has 0 aliphatic carbocycles. The first-order valence-electron chi connectivity index (χ1n) is 4.72. The summed E-state index contributed by atoms with van der Waals surface area (Å²) in [7, 11) is 0. The number of rotatable bonds is 6. The van der Waals surface area contributed by atoms with E-state index in [1.165, 1.54) is 0 Å². The van der Waals surface area contributed by atoms with Crippen LogP contribution in [0.4, 0.5) is 0 Å². The fourth-order valence-corrected chi connectivity index (χ4v) is 0.948. The molecule has 0 aromatic heterocycles. The first-order chi connectivity index (χ1) is 6.76. The molecule has 2 atom stereocenters. The molecule has 0 aliphatic rings. The van der Waals surface area contributed by atoms with Gasteiger partial charge in [-0.3, -0.25) is 10.1 Å². The predicted octanol–water partition coefficient (Wildman–Crippen LogP) is -0.497. The third-order valence-electron chi connectivity index (χ3n) is 1.52. The van der Waals surface area contributed by atoms with Crippen LogP contribution in [0, 0.1) is 0 Å². The second kappa shape index (κ2) is 6.02. The maximum atomic E-state index is 10.7. The summed E-state index contributed by atoms with van der Waals surface area (Å²) in [6.45, 7) is 4.94. The highest BCUT2D eigenvalue weighted by atomic mass is 16.6. The van der Waals surface area contributed by atoms with E-state index in [1.807, 2.05) is 0 Å². The highest BCUT2D eigenvalue weighted by Crippen LogP contribution is 2.08. The van der Waals surface area contributed by atoms with Gasteiger partial charge in [0.15, 0.2) is 0 Å². The lowest BCUT2D eigenvalue weighted by molar-refractivity contribution is -0.189. The lowest BCUT2D eigenvalue weighted by atomic mass is 10.2. The van der Waals surface area contributed by atoms with Crippen molar-refractivity contribution < 1.29 is 24.9 Å². The summed E-state index contributed by atoms with van der Waals surface area (Å²) in [6, 6.07) is -1.02. The molecule has 0 aromatic carbocycles. The van der Waals surface area contributed by atoms with Crippen LogP contribution in [0.2, 0.25) is 0 Å². The minimum Gasteiger partial charge on any atom is -0.480 e. The van der Waals surface area contributed by atoms with Crippen molar-refractivity contribution in [3.05, 3.63) is 0 Å². The molecule has 0 saturated heterocycles. The Morgan fingerprint density at radius 2 is 2.00 bits per heavy atom. The normalized spacial score (nSPS) is 16.1. The molecule has 0 saturated carbocycles. The van der Waals surface area contributed by atoms with Crippen molar-refractivity contribution in [2.45, 2.75) is 45.2 Å². The zero-order valence-corrected chi connectivity index (χ0v) is 9.23. The van der Waals surface area contributed by atoms with Crippen LogP contribution in [0.15, 0.2) is 0 Å². The predicted molar refractivity (Wildman–Crippen MR) is 53.1 cm³/mol. The summed E-state index contributed by atoms with van der Waals surface area (Å²) in [4.78, 5) is 10.7. The van der Waals surface area contributed by atoms with Gasteiger partial charge in [0, 0.05) is 6.61 Å². The van der Waals surface area contributed by atoms with Crippen molar-refractivity contribution >= 4 is 5.97 Å². The third kappa shape index (κ3) is 7.26. The average molecular weight is 221 g/mol.